The van der Waals surface area contributed by atoms with E-state index in [-0.39, 0.29) is 17.7 Å². The van der Waals surface area contributed by atoms with E-state index in [4.69, 9.17) is 4.74 Å². The third kappa shape index (κ3) is 5.42. The van der Waals surface area contributed by atoms with Gasteiger partial charge < -0.3 is 20.3 Å². The van der Waals surface area contributed by atoms with E-state index in [1.165, 1.54) is 11.3 Å². The molecular weight excluding hydrogens is 426 g/mol. The van der Waals surface area contributed by atoms with Gasteiger partial charge in [-0.1, -0.05) is 6.07 Å². The maximum Gasteiger partial charge on any atom is 0.273 e. The highest BCUT2D eigenvalue weighted by molar-refractivity contribution is 7.14. The van der Waals surface area contributed by atoms with Crippen LogP contribution in [-0.4, -0.2) is 46.9 Å². The van der Waals surface area contributed by atoms with Crippen molar-refractivity contribution in [2.24, 2.45) is 5.92 Å². The van der Waals surface area contributed by atoms with Crippen molar-refractivity contribution in [1.82, 2.24) is 20.2 Å². The highest BCUT2D eigenvalue weighted by atomic mass is 32.1. The number of nitrogens with one attached hydrogen (secondary N) is 2. The van der Waals surface area contributed by atoms with E-state index in [0.29, 0.717) is 30.5 Å². The van der Waals surface area contributed by atoms with E-state index in [9.17, 15) is 9.59 Å². The van der Waals surface area contributed by atoms with Crippen molar-refractivity contribution in [3.63, 3.8) is 0 Å². The van der Waals surface area contributed by atoms with Gasteiger partial charge in [-0.05, 0) is 42.7 Å². The standard InChI is InChI=1S/C23H25N5O3S/c1-31-19-6-2-5-18(12-19)26-23-27-20(15-32-23)22(30)28-11-3-4-17(14-28)21(29)25-13-16-7-9-24-10-8-16/h2,5-10,12,15,17H,3-4,11,13-14H2,1H3,(H,25,29)(H,26,27). The number of anilines is 2. The number of hydrogen-bond donors (Lipinski definition) is 2. The molecule has 4 rings (SSSR count). The van der Waals surface area contributed by atoms with E-state index in [0.717, 1.165) is 29.8 Å². The lowest BCUT2D eigenvalue weighted by Gasteiger charge is -2.31. The highest BCUT2D eigenvalue weighted by Gasteiger charge is 2.29. The van der Waals surface area contributed by atoms with Crippen molar-refractivity contribution >= 4 is 34.0 Å². The number of nitrogens with zero attached hydrogens (tertiary/aromatic N) is 3. The first-order valence-electron chi connectivity index (χ1n) is 10.4. The van der Waals surface area contributed by atoms with Crippen molar-refractivity contribution in [2.45, 2.75) is 19.4 Å². The maximum absolute atomic E-state index is 13.0. The van der Waals surface area contributed by atoms with Crippen LogP contribution in [0.1, 0.15) is 28.9 Å². The summed E-state index contributed by atoms with van der Waals surface area (Å²) < 4.78 is 5.23. The van der Waals surface area contributed by atoms with E-state index < -0.39 is 0 Å². The zero-order valence-corrected chi connectivity index (χ0v) is 18.6. The number of pyridine rings is 1. The van der Waals surface area contributed by atoms with Crippen LogP contribution in [0.15, 0.2) is 54.2 Å². The summed E-state index contributed by atoms with van der Waals surface area (Å²) in [5, 5.41) is 8.55. The summed E-state index contributed by atoms with van der Waals surface area (Å²) in [6.07, 6.45) is 4.96. The fraction of sp³-hybridized carbons (Fsp3) is 0.304. The molecule has 1 aromatic carbocycles. The summed E-state index contributed by atoms with van der Waals surface area (Å²) in [4.78, 5) is 35.8. The quantitative estimate of drug-likeness (QED) is 0.571. The Morgan fingerprint density at radius 3 is 2.91 bits per heavy atom. The Labute approximate surface area is 190 Å². The molecule has 9 heteroatoms. The van der Waals surface area contributed by atoms with Crippen LogP contribution in [-0.2, 0) is 11.3 Å². The van der Waals surface area contributed by atoms with Gasteiger partial charge in [0.25, 0.3) is 5.91 Å². The number of amides is 2. The number of benzene rings is 1. The molecule has 1 fully saturated rings. The molecule has 1 unspecified atom stereocenters. The van der Waals surface area contributed by atoms with Crippen LogP contribution >= 0.6 is 11.3 Å². The van der Waals surface area contributed by atoms with Crippen molar-refractivity contribution in [1.29, 1.82) is 0 Å². The molecule has 0 saturated carbocycles. The number of hydrogen-bond acceptors (Lipinski definition) is 7. The first kappa shape index (κ1) is 21.8. The average Bonchev–Trinajstić information content (AvgIpc) is 3.31. The lowest BCUT2D eigenvalue weighted by molar-refractivity contribution is -0.126. The monoisotopic (exact) mass is 451 g/mol. The third-order valence-electron chi connectivity index (χ3n) is 5.34. The molecule has 32 heavy (non-hydrogen) atoms. The number of methoxy groups -OCH3 is 1. The Bertz CT molecular complexity index is 1070. The number of rotatable bonds is 7. The van der Waals surface area contributed by atoms with Gasteiger partial charge in [-0.15, -0.1) is 11.3 Å². The molecule has 2 N–H and O–H groups in total. The second-order valence-electron chi connectivity index (χ2n) is 7.56. The number of carbonyl (C=O) groups is 2. The van der Waals surface area contributed by atoms with Crippen LogP contribution < -0.4 is 15.4 Å². The van der Waals surface area contributed by atoms with Crippen LogP contribution in [0, 0.1) is 5.92 Å². The van der Waals surface area contributed by atoms with Crippen LogP contribution in [0.3, 0.4) is 0 Å². The molecule has 1 aliphatic heterocycles. The van der Waals surface area contributed by atoms with Crippen LogP contribution in [0.4, 0.5) is 10.8 Å². The molecular formula is C23H25N5O3S. The fourth-order valence-electron chi connectivity index (χ4n) is 3.63. The molecule has 2 aromatic heterocycles. The van der Waals surface area contributed by atoms with Gasteiger partial charge in [0.1, 0.15) is 11.4 Å². The Kier molecular flexibility index (Phi) is 6.96. The topological polar surface area (TPSA) is 96.5 Å². The average molecular weight is 452 g/mol. The Morgan fingerprint density at radius 1 is 1.25 bits per heavy atom. The summed E-state index contributed by atoms with van der Waals surface area (Å²) in [7, 11) is 1.62. The van der Waals surface area contributed by atoms with E-state index in [2.05, 4.69) is 20.6 Å². The molecule has 166 valence electrons. The summed E-state index contributed by atoms with van der Waals surface area (Å²) in [6.45, 7) is 1.48. The van der Waals surface area contributed by atoms with Gasteiger partial charge in [-0.2, -0.15) is 0 Å². The first-order chi connectivity index (χ1) is 15.6. The molecule has 2 amide bonds. The number of likely N-dealkylation sites (tertiary alicyclic amines) is 1. The Balaban J connectivity index is 1.34. The number of thiazole rings is 1. The molecule has 3 aromatic rings. The normalized spacial score (nSPS) is 15.8. The van der Waals surface area contributed by atoms with Crippen LogP contribution in [0.5, 0.6) is 5.75 Å². The molecule has 0 radical (unpaired) electrons. The molecule has 3 heterocycles. The molecule has 8 nitrogen and oxygen atoms in total. The van der Waals surface area contributed by atoms with Crippen molar-refractivity contribution in [3.8, 4) is 5.75 Å². The van der Waals surface area contributed by atoms with Gasteiger partial charge in [0, 0.05) is 49.2 Å². The Morgan fingerprint density at radius 2 is 2.09 bits per heavy atom. The molecule has 0 spiro atoms. The van der Waals surface area contributed by atoms with Crippen LogP contribution in [0.25, 0.3) is 0 Å². The second kappa shape index (κ2) is 10.2. The number of aromatic nitrogens is 2. The summed E-state index contributed by atoms with van der Waals surface area (Å²) in [5.41, 5.74) is 2.22. The third-order valence-corrected chi connectivity index (χ3v) is 6.10. The molecule has 1 aliphatic rings. The number of carbonyl (C=O) groups excluding carboxylic acids is 2. The minimum Gasteiger partial charge on any atom is -0.497 e. The number of ether oxygens (including phenoxy) is 1. The fourth-order valence-corrected chi connectivity index (χ4v) is 4.33. The lowest BCUT2D eigenvalue weighted by atomic mass is 9.97. The molecule has 0 bridgehead atoms. The zero-order chi connectivity index (χ0) is 22.3. The van der Waals surface area contributed by atoms with Crippen molar-refractivity contribution < 1.29 is 14.3 Å². The maximum atomic E-state index is 13.0. The van der Waals surface area contributed by atoms with Gasteiger partial charge in [-0.25, -0.2) is 4.98 Å². The largest absolute Gasteiger partial charge is 0.497 e. The minimum absolute atomic E-state index is 0.0297. The summed E-state index contributed by atoms with van der Waals surface area (Å²) >= 11 is 1.37. The molecule has 1 atom stereocenters. The minimum atomic E-state index is -0.220. The van der Waals surface area contributed by atoms with Gasteiger partial charge in [0.15, 0.2) is 5.13 Å². The van der Waals surface area contributed by atoms with Gasteiger partial charge in [0.2, 0.25) is 5.91 Å². The smallest absolute Gasteiger partial charge is 0.273 e. The van der Waals surface area contributed by atoms with Gasteiger partial charge >= 0.3 is 0 Å². The van der Waals surface area contributed by atoms with Crippen molar-refractivity contribution in [3.05, 3.63) is 65.4 Å². The van der Waals surface area contributed by atoms with E-state index >= 15 is 0 Å². The van der Waals surface area contributed by atoms with E-state index in [1.54, 1.807) is 29.8 Å². The van der Waals surface area contributed by atoms with Gasteiger partial charge in [0.05, 0.1) is 13.0 Å². The molecule has 1 saturated heterocycles. The Hall–Kier alpha value is -3.46. The predicted molar refractivity (Wildman–Crippen MR) is 123 cm³/mol. The summed E-state index contributed by atoms with van der Waals surface area (Å²) in [5.74, 6) is 0.344. The SMILES string of the molecule is COc1cccc(Nc2nc(C(=O)N3CCCC(C(=O)NCc4ccncc4)C3)cs2)c1. The zero-order valence-electron chi connectivity index (χ0n) is 17.8. The summed E-state index contributed by atoms with van der Waals surface area (Å²) in [6, 6.07) is 11.3. The van der Waals surface area contributed by atoms with Crippen molar-refractivity contribution in [2.75, 3.05) is 25.5 Å². The predicted octanol–water partition coefficient (Wildman–Crippen LogP) is 3.46. The number of piperidine rings is 1. The van der Waals surface area contributed by atoms with Gasteiger partial charge in [-0.3, -0.25) is 14.6 Å². The molecule has 0 aliphatic carbocycles. The van der Waals surface area contributed by atoms with E-state index in [1.807, 2.05) is 36.4 Å². The highest BCUT2D eigenvalue weighted by Crippen LogP contribution is 2.25. The second-order valence-corrected chi connectivity index (χ2v) is 8.42. The van der Waals surface area contributed by atoms with Crippen LogP contribution in [0.2, 0.25) is 0 Å². The lowest BCUT2D eigenvalue weighted by Crippen LogP contribution is -2.45. The first-order valence-corrected chi connectivity index (χ1v) is 11.3.